The Morgan fingerprint density at radius 1 is 1.26 bits per heavy atom. The number of carbonyl (C=O) groups excluding carboxylic acids is 2. The first-order valence-corrected chi connectivity index (χ1v) is 10.2. The Morgan fingerprint density at radius 2 is 1.91 bits per heavy atom. The van der Waals surface area contributed by atoms with Gasteiger partial charge in [0.25, 0.3) is 11.8 Å². The van der Waals surface area contributed by atoms with Crippen molar-refractivity contribution in [1.82, 2.24) is 14.8 Å². The van der Waals surface area contributed by atoms with Crippen LogP contribution in [-0.4, -0.2) is 52.2 Å². The predicted octanol–water partition coefficient (Wildman–Crippen LogP) is 1.91. The Kier molecular flexibility index (Phi) is 7.44. The molecule has 1 unspecified atom stereocenters. The number of aromatic hydroxyl groups is 1. The molecule has 1 fully saturated rings. The van der Waals surface area contributed by atoms with Gasteiger partial charge in [0.15, 0.2) is 11.4 Å². The Bertz CT molecular complexity index is 1180. The molecule has 3 heterocycles. The fourth-order valence-corrected chi connectivity index (χ4v) is 4.28. The molecule has 2 aliphatic heterocycles. The summed E-state index contributed by atoms with van der Waals surface area (Å²) < 4.78 is 47.7. The molecule has 0 aliphatic carbocycles. The van der Waals surface area contributed by atoms with Crippen LogP contribution in [0.3, 0.4) is 0 Å². The molecule has 2 aromatic rings. The van der Waals surface area contributed by atoms with Crippen molar-refractivity contribution in [3.8, 4) is 5.75 Å². The monoisotopic (exact) mass is 520 g/mol. The molecule has 4 rings (SSSR count). The number of methoxy groups -OCH3 is 1. The zero-order valence-corrected chi connectivity index (χ0v) is 19.2. The van der Waals surface area contributed by atoms with Crippen molar-refractivity contribution in [3.05, 3.63) is 69.2 Å². The van der Waals surface area contributed by atoms with Crippen LogP contribution in [0.5, 0.6) is 5.75 Å². The summed E-state index contributed by atoms with van der Waals surface area (Å²) in [6.45, 7) is 1.38. The third-order valence-electron chi connectivity index (χ3n) is 6.12. The van der Waals surface area contributed by atoms with Crippen LogP contribution in [0.4, 0.5) is 13.2 Å². The minimum atomic E-state index is -1.20. The first-order chi connectivity index (χ1) is 15.6. The summed E-state index contributed by atoms with van der Waals surface area (Å²) in [7, 11) is 1.50. The number of nitrogens with one attached hydrogen (secondary N) is 1. The van der Waals surface area contributed by atoms with E-state index in [9.17, 15) is 32.7 Å². The number of halogens is 3. The molecule has 8 nitrogen and oxygen atoms in total. The standard InChI is InChI=1S/C22H21F3N3O5.Fe/c1-10-3-4-17(33-2)16-9-27(10)22(32)18-20(30)19(29)13(8-28(16)18)21(31)26-7-12-14(24)5-11(23)6-15(12)25;/h3,5-6,8,10,16-17,30H,4,7,9H2,1-2H3,(H,26,31);/q-1;/t10-,16?,17-;/m0./s1. The molecule has 2 bridgehead atoms. The van der Waals surface area contributed by atoms with Crippen molar-refractivity contribution in [2.45, 2.75) is 38.1 Å². The summed E-state index contributed by atoms with van der Waals surface area (Å²) in [5, 5.41) is 12.8. The van der Waals surface area contributed by atoms with Crippen LogP contribution >= 0.6 is 0 Å². The molecule has 2 N–H and O–H groups in total. The van der Waals surface area contributed by atoms with Gasteiger partial charge < -0.3 is 31.0 Å². The molecule has 3 atom stereocenters. The van der Waals surface area contributed by atoms with Gasteiger partial charge >= 0.3 is 0 Å². The number of carbonyl (C=O) groups is 2. The van der Waals surface area contributed by atoms with Gasteiger partial charge in [0.05, 0.1) is 12.1 Å². The first-order valence-electron chi connectivity index (χ1n) is 10.2. The minimum Gasteiger partial charge on any atom is -0.503 e. The molecule has 1 aromatic heterocycles. The summed E-state index contributed by atoms with van der Waals surface area (Å²) in [4.78, 5) is 39.9. The molecule has 0 radical (unpaired) electrons. The fraction of sp³-hybridized carbons (Fsp3) is 0.364. The van der Waals surface area contributed by atoms with Gasteiger partial charge in [-0.2, -0.15) is 0 Å². The van der Waals surface area contributed by atoms with E-state index in [2.05, 4.69) is 5.32 Å². The molecule has 34 heavy (non-hydrogen) atoms. The summed E-state index contributed by atoms with van der Waals surface area (Å²) >= 11 is 0. The van der Waals surface area contributed by atoms with Gasteiger partial charge in [0, 0.05) is 61.2 Å². The van der Waals surface area contributed by atoms with Gasteiger partial charge in [-0.1, -0.05) is 13.0 Å². The van der Waals surface area contributed by atoms with Gasteiger partial charge in [-0.25, -0.2) is 13.2 Å². The molecule has 184 valence electrons. The van der Waals surface area contributed by atoms with Crippen LogP contribution in [0, 0.1) is 23.9 Å². The van der Waals surface area contributed by atoms with Crippen LogP contribution in [0.1, 0.15) is 45.8 Å². The quantitative estimate of drug-likeness (QED) is 0.474. The van der Waals surface area contributed by atoms with Crippen LogP contribution < -0.4 is 10.7 Å². The largest absolute Gasteiger partial charge is 0.503 e. The number of aromatic nitrogens is 1. The SMILES string of the molecule is CO[C@H]1C[CH-][C@H](C)N2CC1n1cc(C(=O)NCc3c(F)cc(F)cc3F)c(=O)c(O)c1C2=O.[Fe]. The Morgan fingerprint density at radius 3 is 2.53 bits per heavy atom. The van der Waals surface area contributed by atoms with Crippen LogP contribution in [-0.2, 0) is 28.4 Å². The zero-order chi connectivity index (χ0) is 24.0. The number of fused-ring (bicyclic) bond motifs is 4. The van der Waals surface area contributed by atoms with E-state index in [4.69, 9.17) is 4.74 Å². The van der Waals surface area contributed by atoms with E-state index in [1.54, 1.807) is 0 Å². The molecule has 1 aromatic carbocycles. The number of ether oxygens (including phenoxy) is 1. The third kappa shape index (κ3) is 4.33. The summed E-state index contributed by atoms with van der Waals surface area (Å²) in [5.41, 5.74) is -2.47. The number of nitrogens with zero attached hydrogens (tertiary/aromatic N) is 2. The molecular weight excluding hydrogens is 499 g/mol. The maximum Gasteiger partial charge on any atom is 0.272 e. The van der Waals surface area contributed by atoms with E-state index in [0.717, 1.165) is 6.20 Å². The molecule has 0 saturated carbocycles. The van der Waals surface area contributed by atoms with E-state index >= 15 is 0 Å². The fourth-order valence-electron chi connectivity index (χ4n) is 4.28. The van der Waals surface area contributed by atoms with E-state index in [0.29, 0.717) is 18.6 Å². The average Bonchev–Trinajstić information content (AvgIpc) is 2.90. The average molecular weight is 520 g/mol. The van der Waals surface area contributed by atoms with Crippen LogP contribution in [0.2, 0.25) is 0 Å². The maximum absolute atomic E-state index is 13.9. The number of pyridine rings is 1. The van der Waals surface area contributed by atoms with Crippen molar-refractivity contribution < 1.29 is 49.7 Å². The smallest absolute Gasteiger partial charge is 0.272 e. The second-order valence-electron chi connectivity index (χ2n) is 8.02. The second-order valence-corrected chi connectivity index (χ2v) is 8.02. The van der Waals surface area contributed by atoms with Gasteiger partial charge in [0.2, 0.25) is 5.43 Å². The minimum absolute atomic E-state index is 0. The van der Waals surface area contributed by atoms with Crippen LogP contribution in [0.25, 0.3) is 0 Å². The van der Waals surface area contributed by atoms with Crippen molar-refractivity contribution in [3.63, 3.8) is 0 Å². The molecular formula is C22H21F3FeN3O5-. The first kappa shape index (κ1) is 25.8. The summed E-state index contributed by atoms with van der Waals surface area (Å²) in [5.74, 6) is -6.00. The van der Waals surface area contributed by atoms with Crippen molar-refractivity contribution in [1.29, 1.82) is 0 Å². The third-order valence-corrected chi connectivity index (χ3v) is 6.12. The molecule has 2 amide bonds. The number of rotatable bonds is 4. The van der Waals surface area contributed by atoms with E-state index in [1.807, 2.05) is 13.3 Å². The summed E-state index contributed by atoms with van der Waals surface area (Å²) in [6, 6.07) is 0.188. The van der Waals surface area contributed by atoms with Crippen molar-refractivity contribution >= 4 is 11.8 Å². The number of hydrogen-bond acceptors (Lipinski definition) is 5. The van der Waals surface area contributed by atoms with Gasteiger partial charge in [-0.3, -0.25) is 14.4 Å². The zero-order valence-electron chi connectivity index (χ0n) is 18.1. The molecule has 1 saturated heterocycles. The number of benzene rings is 1. The van der Waals surface area contributed by atoms with Gasteiger partial charge in [-0.15, -0.1) is 6.42 Å². The maximum atomic E-state index is 13.9. The molecule has 12 heteroatoms. The predicted molar refractivity (Wildman–Crippen MR) is 109 cm³/mol. The van der Waals surface area contributed by atoms with Gasteiger partial charge in [-0.05, 0) is 0 Å². The Hall–Kier alpha value is -2.82. The van der Waals surface area contributed by atoms with Crippen molar-refractivity contribution in [2.24, 2.45) is 0 Å². The Labute approximate surface area is 203 Å². The van der Waals surface area contributed by atoms with E-state index in [1.165, 1.54) is 16.6 Å². The normalized spacial score (nSPS) is 21.4. The molecule has 2 aliphatic rings. The summed E-state index contributed by atoms with van der Waals surface area (Å²) in [6.07, 6.45) is 3.13. The Balaban J connectivity index is 0.00000324. The number of hydrogen-bond donors (Lipinski definition) is 2. The number of amides is 2. The van der Waals surface area contributed by atoms with E-state index < -0.39 is 70.3 Å². The van der Waals surface area contributed by atoms with Crippen molar-refractivity contribution in [2.75, 3.05) is 13.7 Å². The second kappa shape index (κ2) is 9.81. The topological polar surface area (TPSA) is 101 Å². The van der Waals surface area contributed by atoms with E-state index in [-0.39, 0.29) is 35.3 Å². The van der Waals surface area contributed by atoms with Gasteiger partial charge in [0.1, 0.15) is 23.0 Å². The molecule has 0 spiro atoms. The van der Waals surface area contributed by atoms with Crippen LogP contribution in [0.15, 0.2) is 23.1 Å².